The lowest BCUT2D eigenvalue weighted by Gasteiger charge is -2.22. The molecule has 3 atom stereocenters. The van der Waals surface area contributed by atoms with Crippen LogP contribution in [0.4, 0.5) is 0 Å². The molecule has 11 N–H and O–H groups in total. The van der Waals surface area contributed by atoms with Gasteiger partial charge in [0, 0.05) is 6.54 Å². The van der Waals surface area contributed by atoms with Crippen molar-refractivity contribution < 1.29 is 19.5 Å². The summed E-state index contributed by atoms with van der Waals surface area (Å²) in [4.78, 5) is 40.3. The molecule has 1 aromatic carbocycles. The van der Waals surface area contributed by atoms with Crippen LogP contribution in [0, 0.1) is 0 Å². The van der Waals surface area contributed by atoms with Crippen LogP contribution in [0.2, 0.25) is 0 Å². The van der Waals surface area contributed by atoms with E-state index in [0.717, 1.165) is 5.56 Å². The zero-order valence-corrected chi connectivity index (χ0v) is 16.8. The van der Waals surface area contributed by atoms with Gasteiger partial charge >= 0.3 is 5.97 Å². The fraction of sp³-hybridized carbons (Fsp3) is 0.474. The van der Waals surface area contributed by atoms with E-state index in [1.807, 2.05) is 30.3 Å². The molecule has 0 bridgehead atoms. The van der Waals surface area contributed by atoms with Gasteiger partial charge in [0.25, 0.3) is 0 Å². The normalized spacial score (nSPS) is 13.5. The maximum atomic E-state index is 12.6. The summed E-state index contributed by atoms with van der Waals surface area (Å²) in [6.07, 6.45) is 0.934. The highest BCUT2D eigenvalue weighted by molar-refractivity contribution is 5.91. The molecule has 30 heavy (non-hydrogen) atoms. The summed E-state index contributed by atoms with van der Waals surface area (Å²) in [6.45, 7) is 0.337. The Bertz CT molecular complexity index is 723. The number of hydrogen-bond acceptors (Lipinski definition) is 6. The second-order valence-electron chi connectivity index (χ2n) is 6.78. The van der Waals surface area contributed by atoms with Crippen LogP contribution in [0.3, 0.4) is 0 Å². The minimum absolute atomic E-state index is 0.0588. The first kappa shape index (κ1) is 24.9. The molecule has 0 saturated carbocycles. The summed E-state index contributed by atoms with van der Waals surface area (Å²) < 4.78 is 0. The van der Waals surface area contributed by atoms with Crippen LogP contribution in [-0.2, 0) is 20.8 Å². The third-order valence-corrected chi connectivity index (χ3v) is 4.28. The number of guanidine groups is 1. The minimum atomic E-state index is -1.21. The van der Waals surface area contributed by atoms with Crippen molar-refractivity contribution in [3.05, 3.63) is 35.9 Å². The molecule has 1 aromatic rings. The Balaban J connectivity index is 2.79. The molecular weight excluding hydrogens is 390 g/mol. The van der Waals surface area contributed by atoms with Gasteiger partial charge in [0.05, 0.1) is 6.04 Å². The number of aliphatic imine (C=N–C) groups is 1. The summed E-state index contributed by atoms with van der Waals surface area (Å²) >= 11 is 0. The number of nitrogens with two attached hydrogens (primary N) is 4. The van der Waals surface area contributed by atoms with Gasteiger partial charge in [-0.05, 0) is 37.8 Å². The van der Waals surface area contributed by atoms with Crippen molar-refractivity contribution in [3.63, 3.8) is 0 Å². The standard InChI is InChI=1S/C19H31N7O4/c20-9-8-15(18(29)30)26-17(28)14(7-4-10-24-19(22)23)25-16(27)13(21)11-12-5-2-1-3-6-12/h1-3,5-6,13-15H,4,7-11,20-21H2,(H,25,27)(H,26,28)(H,29,30)(H4,22,23,24)/t13-,14-,15-/m0/s1. The number of hydrogen-bond donors (Lipinski definition) is 7. The molecule has 11 heteroatoms. The van der Waals surface area contributed by atoms with Gasteiger partial charge < -0.3 is 38.7 Å². The summed E-state index contributed by atoms with van der Waals surface area (Å²) in [5.41, 5.74) is 22.8. The summed E-state index contributed by atoms with van der Waals surface area (Å²) in [7, 11) is 0. The molecule has 0 radical (unpaired) electrons. The van der Waals surface area contributed by atoms with E-state index in [4.69, 9.17) is 22.9 Å². The van der Waals surface area contributed by atoms with Crippen molar-refractivity contribution >= 4 is 23.7 Å². The van der Waals surface area contributed by atoms with Gasteiger partial charge in [0.2, 0.25) is 11.8 Å². The molecule has 0 heterocycles. The number of nitrogens with one attached hydrogen (secondary N) is 2. The van der Waals surface area contributed by atoms with Gasteiger partial charge in [-0.1, -0.05) is 30.3 Å². The van der Waals surface area contributed by atoms with Crippen LogP contribution in [0.25, 0.3) is 0 Å². The minimum Gasteiger partial charge on any atom is -0.480 e. The van der Waals surface area contributed by atoms with Crippen molar-refractivity contribution in [1.29, 1.82) is 0 Å². The van der Waals surface area contributed by atoms with Gasteiger partial charge in [-0.25, -0.2) is 4.79 Å². The summed E-state index contributed by atoms with van der Waals surface area (Å²) in [6, 6.07) is 6.19. The molecule has 2 amide bonds. The second kappa shape index (κ2) is 13.1. The first-order valence-electron chi connectivity index (χ1n) is 9.63. The van der Waals surface area contributed by atoms with Crippen molar-refractivity contribution in [2.75, 3.05) is 13.1 Å². The fourth-order valence-corrected chi connectivity index (χ4v) is 2.71. The molecule has 0 unspecified atom stereocenters. The van der Waals surface area contributed by atoms with E-state index in [-0.39, 0.29) is 31.9 Å². The Morgan fingerprint density at radius 2 is 1.63 bits per heavy atom. The fourth-order valence-electron chi connectivity index (χ4n) is 2.71. The number of carboxylic acids is 1. The first-order valence-corrected chi connectivity index (χ1v) is 9.63. The maximum absolute atomic E-state index is 12.6. The van der Waals surface area contributed by atoms with E-state index in [0.29, 0.717) is 12.8 Å². The molecule has 0 aliphatic heterocycles. The number of carbonyl (C=O) groups excluding carboxylic acids is 2. The largest absolute Gasteiger partial charge is 0.480 e. The van der Waals surface area contributed by atoms with Crippen molar-refractivity contribution in [1.82, 2.24) is 10.6 Å². The number of nitrogens with zero attached hydrogens (tertiary/aromatic N) is 1. The van der Waals surface area contributed by atoms with Crippen LogP contribution in [0.5, 0.6) is 0 Å². The predicted molar refractivity (Wildman–Crippen MR) is 113 cm³/mol. The van der Waals surface area contributed by atoms with Gasteiger partial charge in [-0.3, -0.25) is 14.6 Å². The average Bonchev–Trinajstić information content (AvgIpc) is 2.70. The summed E-state index contributed by atoms with van der Waals surface area (Å²) in [5.74, 6) is -2.45. The maximum Gasteiger partial charge on any atom is 0.326 e. The van der Waals surface area contributed by atoms with E-state index < -0.39 is 35.9 Å². The number of rotatable bonds is 13. The van der Waals surface area contributed by atoms with Crippen molar-refractivity contribution in [3.8, 4) is 0 Å². The van der Waals surface area contributed by atoms with Crippen LogP contribution < -0.4 is 33.6 Å². The van der Waals surface area contributed by atoms with E-state index in [1.165, 1.54) is 0 Å². The Labute approximate surface area is 175 Å². The predicted octanol–water partition coefficient (Wildman–Crippen LogP) is -1.99. The number of amides is 2. The third kappa shape index (κ3) is 9.34. The highest BCUT2D eigenvalue weighted by Gasteiger charge is 2.27. The second-order valence-corrected chi connectivity index (χ2v) is 6.78. The summed E-state index contributed by atoms with van der Waals surface area (Å²) in [5, 5.41) is 14.2. The molecule has 11 nitrogen and oxygen atoms in total. The van der Waals surface area contributed by atoms with Crippen LogP contribution in [-0.4, -0.2) is 60.1 Å². The van der Waals surface area contributed by atoms with Crippen molar-refractivity contribution in [2.24, 2.45) is 27.9 Å². The highest BCUT2D eigenvalue weighted by atomic mass is 16.4. The molecule has 0 spiro atoms. The lowest BCUT2D eigenvalue weighted by atomic mass is 10.0. The van der Waals surface area contributed by atoms with Gasteiger partial charge in [-0.2, -0.15) is 0 Å². The van der Waals surface area contributed by atoms with Crippen LogP contribution in [0.15, 0.2) is 35.3 Å². The molecule has 0 aromatic heterocycles. The zero-order chi connectivity index (χ0) is 22.5. The zero-order valence-electron chi connectivity index (χ0n) is 16.8. The van der Waals surface area contributed by atoms with Gasteiger partial charge in [0.1, 0.15) is 12.1 Å². The first-order chi connectivity index (χ1) is 14.2. The monoisotopic (exact) mass is 421 g/mol. The van der Waals surface area contributed by atoms with Gasteiger partial charge in [-0.15, -0.1) is 0 Å². The highest BCUT2D eigenvalue weighted by Crippen LogP contribution is 2.05. The van der Waals surface area contributed by atoms with E-state index in [9.17, 15) is 19.5 Å². The Morgan fingerprint density at radius 1 is 1.00 bits per heavy atom. The smallest absolute Gasteiger partial charge is 0.326 e. The van der Waals surface area contributed by atoms with E-state index >= 15 is 0 Å². The SMILES string of the molecule is NCC[C@H](NC(=O)[C@H](CCCN=C(N)N)NC(=O)[C@@H](N)Cc1ccccc1)C(=O)O. The topological polar surface area (TPSA) is 212 Å². The molecule has 0 aliphatic carbocycles. The molecule has 166 valence electrons. The van der Waals surface area contributed by atoms with E-state index in [1.54, 1.807) is 0 Å². The lowest BCUT2D eigenvalue weighted by molar-refractivity contribution is -0.142. The molecule has 1 rings (SSSR count). The Morgan fingerprint density at radius 3 is 2.20 bits per heavy atom. The van der Waals surface area contributed by atoms with Crippen LogP contribution >= 0.6 is 0 Å². The van der Waals surface area contributed by atoms with Crippen molar-refractivity contribution in [2.45, 2.75) is 43.8 Å². The molecule has 0 saturated heterocycles. The molecule has 0 fully saturated rings. The number of benzene rings is 1. The van der Waals surface area contributed by atoms with Crippen LogP contribution in [0.1, 0.15) is 24.8 Å². The number of carboxylic acid groups (broad SMARTS) is 1. The number of carbonyl (C=O) groups is 3. The Kier molecular flexibility index (Phi) is 10.9. The molecule has 0 aliphatic rings. The molecular formula is C19H31N7O4. The Hall–Kier alpha value is -3.18. The third-order valence-electron chi connectivity index (χ3n) is 4.28. The van der Waals surface area contributed by atoms with Gasteiger partial charge in [0.15, 0.2) is 5.96 Å². The van der Waals surface area contributed by atoms with E-state index in [2.05, 4.69) is 15.6 Å². The average molecular weight is 422 g/mol. The quantitative estimate of drug-likeness (QED) is 0.107. The lowest BCUT2D eigenvalue weighted by Crippen LogP contribution is -2.55. The number of aliphatic carboxylic acids is 1.